The second-order valence-corrected chi connectivity index (χ2v) is 7.37. The number of carbonyl (C=O) groups excluding carboxylic acids is 2. The van der Waals surface area contributed by atoms with Gasteiger partial charge in [-0.25, -0.2) is 5.43 Å². The molecule has 0 aliphatic heterocycles. The van der Waals surface area contributed by atoms with Crippen molar-refractivity contribution in [3.05, 3.63) is 93.5 Å². The molecular formula is C23H19Cl2N3O3. The predicted octanol–water partition coefficient (Wildman–Crippen LogP) is 5.41. The van der Waals surface area contributed by atoms with Crippen LogP contribution in [0.5, 0.6) is 5.75 Å². The molecule has 0 saturated carbocycles. The number of hydrazone groups is 1. The van der Waals surface area contributed by atoms with Crippen molar-refractivity contribution in [2.24, 2.45) is 5.10 Å². The number of anilines is 1. The summed E-state index contributed by atoms with van der Waals surface area (Å²) in [6, 6.07) is 18.5. The molecule has 0 saturated heterocycles. The molecule has 158 valence electrons. The van der Waals surface area contributed by atoms with Crippen LogP contribution >= 0.6 is 23.2 Å². The van der Waals surface area contributed by atoms with E-state index >= 15 is 0 Å². The molecule has 6 nitrogen and oxygen atoms in total. The van der Waals surface area contributed by atoms with Crippen LogP contribution in [-0.4, -0.2) is 24.6 Å². The normalized spacial score (nSPS) is 11.0. The lowest BCUT2D eigenvalue weighted by Gasteiger charge is -2.08. The van der Waals surface area contributed by atoms with Crippen molar-refractivity contribution in [1.29, 1.82) is 0 Å². The van der Waals surface area contributed by atoms with Crippen LogP contribution < -0.4 is 15.5 Å². The largest absolute Gasteiger partial charge is 0.497 e. The van der Waals surface area contributed by atoms with E-state index in [2.05, 4.69) is 15.8 Å². The number of hydrogen-bond donors (Lipinski definition) is 2. The number of rotatable bonds is 6. The summed E-state index contributed by atoms with van der Waals surface area (Å²) in [5, 5.41) is 7.65. The van der Waals surface area contributed by atoms with Gasteiger partial charge in [0, 0.05) is 16.3 Å². The summed E-state index contributed by atoms with van der Waals surface area (Å²) in [6.45, 7) is 1.77. The highest BCUT2D eigenvalue weighted by molar-refractivity contribution is 6.37. The van der Waals surface area contributed by atoms with E-state index in [-0.39, 0.29) is 16.8 Å². The van der Waals surface area contributed by atoms with Crippen molar-refractivity contribution in [2.45, 2.75) is 6.92 Å². The van der Waals surface area contributed by atoms with Gasteiger partial charge in [-0.1, -0.05) is 35.3 Å². The molecule has 0 aliphatic rings. The maximum atomic E-state index is 12.4. The van der Waals surface area contributed by atoms with Crippen molar-refractivity contribution in [2.75, 3.05) is 12.4 Å². The number of methoxy groups -OCH3 is 1. The van der Waals surface area contributed by atoms with Gasteiger partial charge in [0.15, 0.2) is 0 Å². The predicted molar refractivity (Wildman–Crippen MR) is 124 cm³/mol. The monoisotopic (exact) mass is 455 g/mol. The maximum Gasteiger partial charge on any atom is 0.271 e. The zero-order valence-corrected chi connectivity index (χ0v) is 18.3. The van der Waals surface area contributed by atoms with Crippen LogP contribution in [0.1, 0.15) is 33.2 Å². The lowest BCUT2D eigenvalue weighted by atomic mass is 10.1. The third-order valence-electron chi connectivity index (χ3n) is 4.41. The van der Waals surface area contributed by atoms with Gasteiger partial charge >= 0.3 is 0 Å². The average molecular weight is 456 g/mol. The first-order chi connectivity index (χ1) is 14.9. The molecule has 8 heteroatoms. The molecule has 31 heavy (non-hydrogen) atoms. The van der Waals surface area contributed by atoms with Crippen LogP contribution in [0.2, 0.25) is 10.0 Å². The number of amides is 2. The Morgan fingerprint density at radius 2 is 1.52 bits per heavy atom. The molecule has 2 amide bonds. The molecule has 3 aromatic carbocycles. The molecule has 0 aromatic heterocycles. The van der Waals surface area contributed by atoms with Crippen molar-refractivity contribution >= 4 is 46.4 Å². The minimum atomic E-state index is -0.341. The summed E-state index contributed by atoms with van der Waals surface area (Å²) in [4.78, 5) is 24.6. The highest BCUT2D eigenvalue weighted by Crippen LogP contribution is 2.22. The molecule has 0 unspecified atom stereocenters. The fourth-order valence-corrected chi connectivity index (χ4v) is 3.17. The Morgan fingerprint density at radius 3 is 2.13 bits per heavy atom. The number of halogens is 2. The van der Waals surface area contributed by atoms with Gasteiger partial charge in [-0.2, -0.15) is 5.10 Å². The standard InChI is InChI=1S/C23H19Cl2N3O3/c1-14(27-28-22(29)16-5-10-19(31-2)11-6-16)15-3-8-18(9-4-15)26-23(30)20-12-7-17(24)13-21(20)25/h3-13H,1-2H3,(H,26,30)(H,28,29). The molecule has 2 N–H and O–H groups in total. The number of hydrogen-bond acceptors (Lipinski definition) is 4. The fraction of sp³-hybridized carbons (Fsp3) is 0.0870. The van der Waals surface area contributed by atoms with E-state index in [0.29, 0.717) is 33.3 Å². The van der Waals surface area contributed by atoms with Gasteiger partial charge in [0.25, 0.3) is 11.8 Å². The number of nitrogens with one attached hydrogen (secondary N) is 2. The first-order valence-electron chi connectivity index (χ1n) is 9.23. The molecule has 0 fully saturated rings. The molecule has 3 rings (SSSR count). The lowest BCUT2D eigenvalue weighted by Crippen LogP contribution is -2.19. The molecule has 0 atom stereocenters. The second-order valence-electron chi connectivity index (χ2n) is 6.52. The van der Waals surface area contributed by atoms with Gasteiger partial charge < -0.3 is 10.1 Å². The van der Waals surface area contributed by atoms with Gasteiger partial charge in [0.05, 0.1) is 23.4 Å². The first kappa shape index (κ1) is 22.3. The molecule has 0 heterocycles. The van der Waals surface area contributed by atoms with E-state index in [9.17, 15) is 9.59 Å². The summed E-state index contributed by atoms with van der Waals surface area (Å²) < 4.78 is 5.08. The summed E-state index contributed by atoms with van der Waals surface area (Å²) in [6.07, 6.45) is 0. The van der Waals surface area contributed by atoms with Crippen LogP contribution in [0, 0.1) is 0 Å². The highest BCUT2D eigenvalue weighted by atomic mass is 35.5. The molecular weight excluding hydrogens is 437 g/mol. The smallest absolute Gasteiger partial charge is 0.271 e. The number of ether oxygens (including phenoxy) is 1. The Morgan fingerprint density at radius 1 is 0.871 bits per heavy atom. The topological polar surface area (TPSA) is 79.8 Å². The van der Waals surface area contributed by atoms with Crippen LogP contribution in [0.3, 0.4) is 0 Å². The van der Waals surface area contributed by atoms with Gasteiger partial charge in [0.1, 0.15) is 5.75 Å². The third-order valence-corrected chi connectivity index (χ3v) is 4.96. The Hall–Kier alpha value is -3.35. The van der Waals surface area contributed by atoms with Crippen molar-refractivity contribution in [1.82, 2.24) is 5.43 Å². The summed E-state index contributed by atoms with van der Waals surface area (Å²) in [5.74, 6) is -0.000892. The zero-order valence-electron chi connectivity index (χ0n) is 16.8. The summed E-state index contributed by atoms with van der Waals surface area (Å²) in [5.41, 5.74) is 5.32. The number of carbonyl (C=O) groups is 2. The quantitative estimate of drug-likeness (QED) is 0.385. The zero-order chi connectivity index (χ0) is 22.4. The van der Waals surface area contributed by atoms with E-state index < -0.39 is 0 Å². The SMILES string of the molecule is COc1ccc(C(=O)NN=C(C)c2ccc(NC(=O)c3ccc(Cl)cc3Cl)cc2)cc1. The molecule has 0 aliphatic carbocycles. The fourth-order valence-electron chi connectivity index (χ4n) is 2.67. The van der Waals surface area contributed by atoms with Crippen LogP contribution in [0.25, 0.3) is 0 Å². The third kappa shape index (κ3) is 5.84. The minimum Gasteiger partial charge on any atom is -0.497 e. The van der Waals surface area contributed by atoms with Crippen LogP contribution in [0.4, 0.5) is 5.69 Å². The highest BCUT2D eigenvalue weighted by Gasteiger charge is 2.11. The Bertz CT molecular complexity index is 1130. The van der Waals surface area contributed by atoms with Crippen molar-refractivity contribution in [3.8, 4) is 5.75 Å². The Labute approximate surface area is 189 Å². The number of benzene rings is 3. The molecule has 3 aromatic rings. The lowest BCUT2D eigenvalue weighted by molar-refractivity contribution is 0.0954. The van der Waals surface area contributed by atoms with Gasteiger partial charge in [-0.15, -0.1) is 0 Å². The van der Waals surface area contributed by atoms with E-state index in [0.717, 1.165) is 5.56 Å². The van der Waals surface area contributed by atoms with E-state index in [1.165, 1.54) is 6.07 Å². The van der Waals surface area contributed by atoms with Crippen LogP contribution in [0.15, 0.2) is 71.8 Å². The average Bonchev–Trinajstić information content (AvgIpc) is 2.77. The number of nitrogens with zero attached hydrogens (tertiary/aromatic N) is 1. The van der Waals surface area contributed by atoms with Gasteiger partial charge in [-0.05, 0) is 67.1 Å². The van der Waals surface area contributed by atoms with Crippen molar-refractivity contribution < 1.29 is 14.3 Å². The summed E-state index contributed by atoms with van der Waals surface area (Å²) in [7, 11) is 1.56. The molecule has 0 radical (unpaired) electrons. The Balaban J connectivity index is 1.63. The van der Waals surface area contributed by atoms with Crippen LogP contribution in [-0.2, 0) is 0 Å². The molecule has 0 spiro atoms. The summed E-state index contributed by atoms with van der Waals surface area (Å²) >= 11 is 11.9. The van der Waals surface area contributed by atoms with Crippen molar-refractivity contribution in [3.63, 3.8) is 0 Å². The molecule has 0 bridgehead atoms. The van der Waals surface area contributed by atoms with E-state index in [4.69, 9.17) is 27.9 Å². The second kappa shape index (κ2) is 10.1. The van der Waals surface area contributed by atoms with E-state index in [1.807, 2.05) is 0 Å². The first-order valence-corrected chi connectivity index (χ1v) is 9.98. The minimum absolute atomic E-state index is 0.275. The Kier molecular flexibility index (Phi) is 7.28. The van der Waals surface area contributed by atoms with Gasteiger partial charge in [0.2, 0.25) is 0 Å². The van der Waals surface area contributed by atoms with Gasteiger partial charge in [-0.3, -0.25) is 9.59 Å². The maximum absolute atomic E-state index is 12.4. The van der Waals surface area contributed by atoms with E-state index in [1.54, 1.807) is 74.7 Å².